The smallest absolute Gasteiger partial charge is 0.156 e. The molecule has 5 heteroatoms. The second-order valence-electron chi connectivity index (χ2n) is 8.66. The molecular formula is C21H27NO2S2. The number of carbonyl (C=O) groups excluding carboxylic acids is 1. The Morgan fingerprint density at radius 2 is 2.19 bits per heavy atom. The minimum Gasteiger partial charge on any atom is -0.457 e. The number of hydrogen-bond donors (Lipinski definition) is 0. The van der Waals surface area contributed by atoms with Crippen LogP contribution < -0.4 is 0 Å². The maximum absolute atomic E-state index is 12.5. The van der Waals surface area contributed by atoms with Crippen molar-refractivity contribution in [1.82, 2.24) is 4.98 Å². The van der Waals surface area contributed by atoms with Gasteiger partial charge in [-0.1, -0.05) is 33.4 Å². The molecule has 0 amide bonds. The Morgan fingerprint density at radius 3 is 2.85 bits per heavy atom. The highest BCUT2D eigenvalue weighted by Gasteiger charge is 2.47. The number of allylic oxidation sites excluding steroid dienone is 2. The Kier molecular flexibility index (Phi) is 5.53. The van der Waals surface area contributed by atoms with Crippen molar-refractivity contribution in [2.45, 2.75) is 64.0 Å². The van der Waals surface area contributed by atoms with Gasteiger partial charge in [-0.25, -0.2) is 4.98 Å². The van der Waals surface area contributed by atoms with E-state index in [2.05, 4.69) is 38.4 Å². The van der Waals surface area contributed by atoms with Crippen LogP contribution in [-0.2, 0) is 9.53 Å². The summed E-state index contributed by atoms with van der Waals surface area (Å²) in [6.07, 6.45) is 8.76. The van der Waals surface area contributed by atoms with E-state index in [1.807, 2.05) is 25.3 Å². The summed E-state index contributed by atoms with van der Waals surface area (Å²) in [4.78, 5) is 17.0. The average Bonchev–Trinajstić information content (AvgIpc) is 3.14. The van der Waals surface area contributed by atoms with Crippen LogP contribution in [0.2, 0.25) is 0 Å². The lowest BCUT2D eigenvalue weighted by Crippen LogP contribution is -2.18. The van der Waals surface area contributed by atoms with Crippen LogP contribution in [0.15, 0.2) is 39.8 Å². The number of thioether (sulfide) groups is 1. The average molecular weight is 390 g/mol. The van der Waals surface area contributed by atoms with Crippen LogP contribution in [0.25, 0.3) is 0 Å². The van der Waals surface area contributed by atoms with Gasteiger partial charge in [0.15, 0.2) is 5.76 Å². The second kappa shape index (κ2) is 7.38. The van der Waals surface area contributed by atoms with Gasteiger partial charge in [-0.2, -0.15) is 0 Å². The van der Waals surface area contributed by atoms with Crippen molar-refractivity contribution in [2.24, 2.45) is 10.8 Å². The first kappa shape index (κ1) is 19.5. The maximum atomic E-state index is 12.5. The van der Waals surface area contributed by atoms with E-state index in [-0.39, 0.29) is 16.7 Å². The van der Waals surface area contributed by atoms with Gasteiger partial charge in [-0.15, -0.1) is 23.1 Å². The van der Waals surface area contributed by atoms with Crippen LogP contribution in [0.1, 0.15) is 64.8 Å². The zero-order valence-corrected chi connectivity index (χ0v) is 17.9. The van der Waals surface area contributed by atoms with Crippen LogP contribution >= 0.6 is 23.1 Å². The molecule has 2 aliphatic rings. The summed E-state index contributed by atoms with van der Waals surface area (Å²) in [7, 11) is 0. The van der Waals surface area contributed by atoms with E-state index in [9.17, 15) is 4.79 Å². The van der Waals surface area contributed by atoms with Gasteiger partial charge in [-0.05, 0) is 37.3 Å². The van der Waals surface area contributed by atoms with E-state index in [0.717, 1.165) is 45.8 Å². The lowest BCUT2D eigenvalue weighted by atomic mass is 9.91. The fourth-order valence-electron chi connectivity index (χ4n) is 2.88. The maximum Gasteiger partial charge on any atom is 0.156 e. The van der Waals surface area contributed by atoms with Gasteiger partial charge in [0.05, 0.1) is 22.1 Å². The Morgan fingerprint density at radius 1 is 1.46 bits per heavy atom. The molecule has 26 heavy (non-hydrogen) atoms. The van der Waals surface area contributed by atoms with Crippen LogP contribution in [-0.4, -0.2) is 16.5 Å². The SMILES string of the molecule is C[C@H](C(=O)C1(C)CC1)c1ncc(SCC2=C=CC=C(CC(C)(C)C)O2)s1. The fourth-order valence-corrected chi connectivity index (χ4v) is 4.79. The van der Waals surface area contributed by atoms with Gasteiger partial charge in [0, 0.05) is 11.8 Å². The molecule has 140 valence electrons. The Hall–Kier alpha value is -1.29. The van der Waals surface area contributed by atoms with E-state index in [4.69, 9.17) is 4.74 Å². The van der Waals surface area contributed by atoms with Crippen molar-refractivity contribution in [3.63, 3.8) is 0 Å². The molecule has 0 saturated heterocycles. The van der Waals surface area contributed by atoms with Crippen molar-refractivity contribution >= 4 is 28.9 Å². The Balaban J connectivity index is 1.54. The molecule has 1 saturated carbocycles. The number of rotatable bonds is 7. The summed E-state index contributed by atoms with van der Waals surface area (Å²) in [6.45, 7) is 10.7. The molecule has 2 heterocycles. The molecule has 3 nitrogen and oxygen atoms in total. The number of thiazole rings is 1. The van der Waals surface area contributed by atoms with E-state index in [1.54, 1.807) is 23.1 Å². The van der Waals surface area contributed by atoms with Gasteiger partial charge >= 0.3 is 0 Å². The molecular weight excluding hydrogens is 362 g/mol. The molecule has 1 aromatic heterocycles. The number of hydrogen-bond acceptors (Lipinski definition) is 5. The van der Waals surface area contributed by atoms with E-state index >= 15 is 0 Å². The first-order valence-electron chi connectivity index (χ1n) is 9.12. The monoisotopic (exact) mass is 389 g/mol. The number of Topliss-reactive ketones (excluding diaryl/α,β-unsaturated/α-hetero) is 1. The predicted octanol–water partition coefficient (Wildman–Crippen LogP) is 6.10. The van der Waals surface area contributed by atoms with Gasteiger partial charge in [0.1, 0.15) is 16.6 Å². The van der Waals surface area contributed by atoms with Crippen molar-refractivity contribution in [3.8, 4) is 0 Å². The summed E-state index contributed by atoms with van der Waals surface area (Å²) >= 11 is 3.32. The molecule has 3 rings (SSSR count). The third-order valence-electron chi connectivity index (χ3n) is 4.68. The standard InChI is InChI=1S/C21H27NO2S2/c1-14(18(23)21(5)9-10-21)19-22-12-17(26-19)25-13-16-8-6-7-15(24-16)11-20(2,3)4/h6-7,12,14H,9-11,13H2,1-5H3/t14-/m1/s1. The summed E-state index contributed by atoms with van der Waals surface area (Å²) in [6, 6.07) is 0. The normalized spacial score (nSPS) is 19.4. The van der Waals surface area contributed by atoms with Crippen molar-refractivity contribution in [3.05, 3.63) is 40.6 Å². The van der Waals surface area contributed by atoms with E-state index in [1.165, 1.54) is 0 Å². The quantitative estimate of drug-likeness (QED) is 0.417. The number of aromatic nitrogens is 1. The minimum absolute atomic E-state index is 0.0975. The molecule has 0 bridgehead atoms. The van der Waals surface area contributed by atoms with Crippen molar-refractivity contribution < 1.29 is 9.53 Å². The molecule has 1 atom stereocenters. The number of nitrogens with zero attached hydrogens (tertiary/aromatic N) is 1. The Bertz CT molecular complexity index is 787. The van der Waals surface area contributed by atoms with Crippen LogP contribution in [0.4, 0.5) is 0 Å². The number of carbonyl (C=O) groups is 1. The molecule has 1 aliphatic heterocycles. The summed E-state index contributed by atoms with van der Waals surface area (Å²) < 4.78 is 7.09. The molecule has 0 aromatic carbocycles. The van der Waals surface area contributed by atoms with Gasteiger partial charge in [0.2, 0.25) is 0 Å². The summed E-state index contributed by atoms with van der Waals surface area (Å²) in [5.41, 5.74) is 3.28. The topological polar surface area (TPSA) is 39.2 Å². The minimum atomic E-state index is -0.104. The van der Waals surface area contributed by atoms with Crippen LogP contribution in [0.3, 0.4) is 0 Å². The predicted molar refractivity (Wildman–Crippen MR) is 108 cm³/mol. The highest BCUT2D eigenvalue weighted by atomic mass is 32.2. The first-order chi connectivity index (χ1) is 12.2. The second-order valence-corrected chi connectivity index (χ2v) is 11.0. The molecule has 1 aliphatic carbocycles. The van der Waals surface area contributed by atoms with Crippen molar-refractivity contribution in [2.75, 3.05) is 5.75 Å². The molecule has 0 radical (unpaired) electrons. The third-order valence-corrected chi connectivity index (χ3v) is 7.05. The summed E-state index contributed by atoms with van der Waals surface area (Å²) in [5.74, 6) is 2.80. The lowest BCUT2D eigenvalue weighted by molar-refractivity contribution is -0.124. The van der Waals surface area contributed by atoms with E-state index in [0.29, 0.717) is 5.78 Å². The van der Waals surface area contributed by atoms with E-state index < -0.39 is 0 Å². The number of ether oxygens (including phenoxy) is 1. The van der Waals surface area contributed by atoms with Gasteiger partial charge in [-0.3, -0.25) is 4.79 Å². The van der Waals surface area contributed by atoms with Crippen LogP contribution in [0, 0.1) is 10.8 Å². The number of ketones is 1. The lowest BCUT2D eigenvalue weighted by Gasteiger charge is -2.21. The molecule has 1 aromatic rings. The third kappa shape index (κ3) is 4.91. The Labute approximate surface area is 164 Å². The van der Waals surface area contributed by atoms with Crippen LogP contribution in [0.5, 0.6) is 0 Å². The molecule has 0 unspecified atom stereocenters. The highest BCUT2D eigenvalue weighted by molar-refractivity contribution is 8.01. The highest BCUT2D eigenvalue weighted by Crippen LogP contribution is 2.49. The van der Waals surface area contributed by atoms with Crippen molar-refractivity contribution in [1.29, 1.82) is 0 Å². The molecule has 1 fully saturated rings. The fraction of sp³-hybridized carbons (Fsp3) is 0.571. The first-order valence-corrected chi connectivity index (χ1v) is 10.9. The molecule has 0 N–H and O–H groups in total. The summed E-state index contributed by atoms with van der Waals surface area (Å²) in [5, 5.41) is 0.924. The molecule has 0 spiro atoms. The zero-order valence-electron chi connectivity index (χ0n) is 16.2. The largest absolute Gasteiger partial charge is 0.457 e. The zero-order chi connectivity index (χ0) is 18.9. The van der Waals surface area contributed by atoms with Gasteiger partial charge in [0.25, 0.3) is 0 Å². The van der Waals surface area contributed by atoms with Gasteiger partial charge < -0.3 is 4.74 Å².